The topological polar surface area (TPSA) is 34.0 Å². The average molecular weight is 324 g/mol. The highest BCUT2D eigenvalue weighted by molar-refractivity contribution is 8.00. The predicted octanol–water partition coefficient (Wildman–Crippen LogP) is 4.70. The Morgan fingerprint density at radius 3 is 2.78 bits per heavy atom. The minimum Gasteiger partial charge on any atom is -0.347 e. The molecule has 1 aromatic heterocycles. The van der Waals surface area contributed by atoms with Gasteiger partial charge in [0.05, 0.1) is 5.75 Å². The summed E-state index contributed by atoms with van der Waals surface area (Å²) < 4.78 is 2.22. The normalized spacial score (nSPS) is 10.9. The van der Waals surface area contributed by atoms with E-state index >= 15 is 0 Å². The molecule has 1 amide bonds. The van der Waals surface area contributed by atoms with Gasteiger partial charge in [-0.2, -0.15) is 0 Å². The van der Waals surface area contributed by atoms with Crippen LogP contribution in [0.4, 0.5) is 5.69 Å². The first-order chi connectivity index (χ1) is 11.2. The molecule has 4 heteroatoms. The third kappa shape index (κ3) is 3.59. The molecule has 0 radical (unpaired) electrons. The number of aryl methyl sites for hydroxylation is 2. The van der Waals surface area contributed by atoms with Gasteiger partial charge in [0, 0.05) is 34.2 Å². The third-order valence-electron chi connectivity index (χ3n) is 3.75. The van der Waals surface area contributed by atoms with E-state index < -0.39 is 0 Å². The Morgan fingerprint density at radius 2 is 2.00 bits per heavy atom. The van der Waals surface area contributed by atoms with Gasteiger partial charge in [-0.15, -0.1) is 11.8 Å². The van der Waals surface area contributed by atoms with Gasteiger partial charge in [-0.1, -0.05) is 30.3 Å². The summed E-state index contributed by atoms with van der Waals surface area (Å²) in [4.78, 5) is 13.3. The monoisotopic (exact) mass is 324 g/mol. The average Bonchev–Trinajstić information content (AvgIpc) is 2.91. The molecule has 3 rings (SSSR count). The summed E-state index contributed by atoms with van der Waals surface area (Å²) in [5, 5.41) is 4.17. The standard InChI is InChI=1S/C19H20N2OS/c1-3-21-12-18(16-9-4-5-10-17(16)21)23-13-19(22)20-15-8-6-7-14(2)11-15/h4-12H,3,13H2,1-2H3,(H,20,22). The molecule has 3 nitrogen and oxygen atoms in total. The van der Waals surface area contributed by atoms with E-state index in [2.05, 4.69) is 35.1 Å². The van der Waals surface area contributed by atoms with Crippen LogP contribution < -0.4 is 5.32 Å². The zero-order chi connectivity index (χ0) is 16.2. The van der Waals surface area contributed by atoms with Crippen LogP contribution in [0.5, 0.6) is 0 Å². The Balaban J connectivity index is 1.70. The molecule has 0 fully saturated rings. The van der Waals surface area contributed by atoms with Crippen LogP contribution in [0.2, 0.25) is 0 Å². The van der Waals surface area contributed by atoms with Crippen molar-refractivity contribution in [2.75, 3.05) is 11.1 Å². The van der Waals surface area contributed by atoms with E-state index in [1.165, 1.54) is 10.9 Å². The molecule has 0 aliphatic carbocycles. The van der Waals surface area contributed by atoms with Crippen LogP contribution in [0.25, 0.3) is 10.9 Å². The van der Waals surface area contributed by atoms with Gasteiger partial charge in [0.1, 0.15) is 0 Å². The lowest BCUT2D eigenvalue weighted by molar-refractivity contribution is -0.113. The van der Waals surface area contributed by atoms with E-state index in [0.29, 0.717) is 5.75 Å². The van der Waals surface area contributed by atoms with Crippen molar-refractivity contribution in [2.24, 2.45) is 0 Å². The van der Waals surface area contributed by atoms with Gasteiger partial charge in [-0.3, -0.25) is 4.79 Å². The highest BCUT2D eigenvalue weighted by Gasteiger charge is 2.10. The van der Waals surface area contributed by atoms with E-state index in [9.17, 15) is 4.79 Å². The molecule has 1 heterocycles. The Labute approximate surface area is 140 Å². The van der Waals surface area contributed by atoms with Crippen LogP contribution in [0.15, 0.2) is 59.6 Å². The minimum absolute atomic E-state index is 0.0222. The summed E-state index contributed by atoms with van der Waals surface area (Å²) in [7, 11) is 0. The van der Waals surface area contributed by atoms with Crippen molar-refractivity contribution in [3.05, 3.63) is 60.3 Å². The van der Waals surface area contributed by atoms with Gasteiger partial charge in [-0.25, -0.2) is 0 Å². The summed E-state index contributed by atoms with van der Waals surface area (Å²) in [6.07, 6.45) is 2.13. The van der Waals surface area contributed by atoms with Crippen molar-refractivity contribution < 1.29 is 4.79 Å². The molecule has 118 valence electrons. The molecule has 0 aliphatic rings. The summed E-state index contributed by atoms with van der Waals surface area (Å²) in [6, 6.07) is 16.2. The lowest BCUT2D eigenvalue weighted by Gasteiger charge is -2.05. The van der Waals surface area contributed by atoms with Gasteiger partial charge >= 0.3 is 0 Å². The number of anilines is 1. The smallest absolute Gasteiger partial charge is 0.234 e. The first-order valence-electron chi connectivity index (χ1n) is 7.74. The Bertz CT molecular complexity index is 838. The number of aromatic nitrogens is 1. The third-order valence-corrected chi connectivity index (χ3v) is 4.80. The number of nitrogens with one attached hydrogen (secondary N) is 1. The quantitative estimate of drug-likeness (QED) is 0.690. The van der Waals surface area contributed by atoms with E-state index in [-0.39, 0.29) is 5.91 Å². The van der Waals surface area contributed by atoms with Crippen LogP contribution in [-0.2, 0) is 11.3 Å². The van der Waals surface area contributed by atoms with E-state index in [0.717, 1.165) is 22.7 Å². The fraction of sp³-hybridized carbons (Fsp3) is 0.211. The molecule has 2 aromatic carbocycles. The maximum atomic E-state index is 12.2. The Hall–Kier alpha value is -2.20. The molecule has 3 aromatic rings. The van der Waals surface area contributed by atoms with E-state index in [1.807, 2.05) is 43.3 Å². The largest absolute Gasteiger partial charge is 0.347 e. The molecular formula is C19H20N2OS. The molecule has 23 heavy (non-hydrogen) atoms. The second-order valence-electron chi connectivity index (χ2n) is 5.50. The molecule has 0 unspecified atom stereocenters. The number of fused-ring (bicyclic) bond motifs is 1. The van der Waals surface area contributed by atoms with Crippen molar-refractivity contribution in [1.29, 1.82) is 0 Å². The Morgan fingerprint density at radius 1 is 1.17 bits per heavy atom. The van der Waals surface area contributed by atoms with Crippen LogP contribution in [0, 0.1) is 6.92 Å². The number of benzene rings is 2. The summed E-state index contributed by atoms with van der Waals surface area (Å²) in [5.74, 6) is 0.431. The van der Waals surface area contributed by atoms with Gasteiger partial charge in [0.25, 0.3) is 0 Å². The van der Waals surface area contributed by atoms with Crippen molar-refractivity contribution in [1.82, 2.24) is 4.57 Å². The number of amides is 1. The SMILES string of the molecule is CCn1cc(SCC(=O)Nc2cccc(C)c2)c2ccccc21. The molecule has 0 saturated heterocycles. The number of para-hydroxylation sites is 1. The van der Waals surface area contributed by atoms with E-state index in [1.54, 1.807) is 11.8 Å². The summed E-state index contributed by atoms with van der Waals surface area (Å²) in [5.41, 5.74) is 3.21. The van der Waals surface area contributed by atoms with Gasteiger partial charge < -0.3 is 9.88 Å². The van der Waals surface area contributed by atoms with Crippen molar-refractivity contribution >= 4 is 34.3 Å². The fourth-order valence-electron chi connectivity index (χ4n) is 2.65. The number of hydrogen-bond donors (Lipinski definition) is 1. The van der Waals surface area contributed by atoms with Gasteiger partial charge in [-0.05, 0) is 37.6 Å². The van der Waals surface area contributed by atoms with Gasteiger partial charge in [0.2, 0.25) is 5.91 Å². The first kappa shape index (κ1) is 15.7. The number of carbonyl (C=O) groups excluding carboxylic acids is 1. The summed E-state index contributed by atoms with van der Waals surface area (Å²) in [6.45, 7) is 5.08. The van der Waals surface area contributed by atoms with E-state index in [4.69, 9.17) is 0 Å². The van der Waals surface area contributed by atoms with Crippen molar-refractivity contribution in [3.63, 3.8) is 0 Å². The molecule has 0 atom stereocenters. The number of carbonyl (C=O) groups is 1. The maximum absolute atomic E-state index is 12.2. The molecule has 0 spiro atoms. The van der Waals surface area contributed by atoms with Crippen LogP contribution >= 0.6 is 11.8 Å². The van der Waals surface area contributed by atoms with Crippen LogP contribution in [0.3, 0.4) is 0 Å². The van der Waals surface area contributed by atoms with Crippen LogP contribution in [0.1, 0.15) is 12.5 Å². The molecule has 0 saturated carbocycles. The second kappa shape index (κ2) is 6.92. The second-order valence-corrected chi connectivity index (χ2v) is 6.52. The lowest BCUT2D eigenvalue weighted by Crippen LogP contribution is -2.13. The predicted molar refractivity (Wildman–Crippen MR) is 98.1 cm³/mol. The number of nitrogens with zero attached hydrogens (tertiary/aromatic N) is 1. The zero-order valence-corrected chi connectivity index (χ0v) is 14.2. The molecular weight excluding hydrogens is 304 g/mol. The maximum Gasteiger partial charge on any atom is 0.234 e. The van der Waals surface area contributed by atoms with Crippen molar-refractivity contribution in [3.8, 4) is 0 Å². The highest BCUT2D eigenvalue weighted by Crippen LogP contribution is 2.30. The fourth-order valence-corrected chi connectivity index (χ4v) is 3.54. The van der Waals surface area contributed by atoms with Crippen LogP contribution in [-0.4, -0.2) is 16.2 Å². The molecule has 1 N–H and O–H groups in total. The molecule has 0 bridgehead atoms. The number of thioether (sulfide) groups is 1. The number of rotatable bonds is 5. The Kier molecular flexibility index (Phi) is 4.72. The first-order valence-corrected chi connectivity index (χ1v) is 8.73. The van der Waals surface area contributed by atoms with Crippen molar-refractivity contribution in [2.45, 2.75) is 25.3 Å². The lowest BCUT2D eigenvalue weighted by atomic mass is 10.2. The molecule has 0 aliphatic heterocycles. The number of hydrogen-bond acceptors (Lipinski definition) is 2. The van der Waals surface area contributed by atoms with Gasteiger partial charge in [0.15, 0.2) is 0 Å². The highest BCUT2D eigenvalue weighted by atomic mass is 32.2. The minimum atomic E-state index is 0.0222. The zero-order valence-electron chi connectivity index (χ0n) is 13.4. The summed E-state index contributed by atoms with van der Waals surface area (Å²) >= 11 is 1.58.